The van der Waals surface area contributed by atoms with Crippen LogP contribution >= 0.6 is 11.7 Å². The van der Waals surface area contributed by atoms with Crippen molar-refractivity contribution in [3.63, 3.8) is 0 Å². The minimum atomic E-state index is 0.0652. The summed E-state index contributed by atoms with van der Waals surface area (Å²) in [5, 5.41) is 2.93. The highest BCUT2D eigenvalue weighted by atomic mass is 32.1. The molecule has 3 rings (SSSR count). The molecule has 1 aromatic heterocycles. The number of hydrogen-bond acceptors (Lipinski definition) is 5. The number of nitrogens with zero attached hydrogens (tertiary/aromatic N) is 3. The molecular formula is C13H14N4OS. The maximum absolute atomic E-state index is 11.6. The zero-order chi connectivity index (χ0) is 13.1. The van der Waals surface area contributed by atoms with Crippen molar-refractivity contribution in [3.05, 3.63) is 47.8 Å². The van der Waals surface area contributed by atoms with Crippen LogP contribution in [0.4, 0.5) is 0 Å². The molecule has 0 spiro atoms. The highest BCUT2D eigenvalue weighted by molar-refractivity contribution is 6.99. The van der Waals surface area contributed by atoms with Crippen LogP contribution in [0, 0.1) is 0 Å². The third-order valence-corrected chi connectivity index (χ3v) is 3.75. The standard InChI is InChI=1S/C13H14N4OS/c18-13-9-17(8-11-6-15-19-16-11)12(7-14-13)10-4-2-1-3-5-10/h1-6,12H,7-9H2,(H,14,18). The first-order valence-electron chi connectivity index (χ1n) is 6.15. The Morgan fingerprint density at radius 1 is 1.37 bits per heavy atom. The van der Waals surface area contributed by atoms with E-state index in [-0.39, 0.29) is 11.9 Å². The lowest BCUT2D eigenvalue weighted by atomic mass is 10.0. The summed E-state index contributed by atoms with van der Waals surface area (Å²) in [6.45, 7) is 1.70. The molecule has 0 aliphatic carbocycles. The fraction of sp³-hybridized carbons (Fsp3) is 0.308. The second-order valence-electron chi connectivity index (χ2n) is 4.53. The van der Waals surface area contributed by atoms with Gasteiger partial charge in [0.2, 0.25) is 5.91 Å². The fourth-order valence-corrected chi connectivity index (χ4v) is 2.75. The zero-order valence-electron chi connectivity index (χ0n) is 10.3. The molecule has 2 aromatic rings. The van der Waals surface area contributed by atoms with E-state index in [4.69, 9.17) is 0 Å². The van der Waals surface area contributed by atoms with Gasteiger partial charge in [-0.05, 0) is 5.56 Å². The van der Waals surface area contributed by atoms with Gasteiger partial charge in [-0.25, -0.2) is 0 Å². The molecule has 1 aromatic carbocycles. The second-order valence-corrected chi connectivity index (χ2v) is 5.09. The molecule has 1 amide bonds. The van der Waals surface area contributed by atoms with Crippen LogP contribution in [0.2, 0.25) is 0 Å². The molecule has 2 heterocycles. The molecule has 1 atom stereocenters. The summed E-state index contributed by atoms with van der Waals surface area (Å²) in [5.74, 6) is 0.0652. The highest BCUT2D eigenvalue weighted by Gasteiger charge is 2.28. The van der Waals surface area contributed by atoms with E-state index in [1.807, 2.05) is 18.2 Å². The van der Waals surface area contributed by atoms with Crippen LogP contribution in [-0.4, -0.2) is 32.6 Å². The van der Waals surface area contributed by atoms with Gasteiger partial charge in [-0.1, -0.05) is 30.3 Å². The number of piperazine rings is 1. The van der Waals surface area contributed by atoms with Crippen molar-refractivity contribution in [3.8, 4) is 0 Å². The van der Waals surface area contributed by atoms with Crippen molar-refractivity contribution in [2.24, 2.45) is 0 Å². The Kier molecular flexibility index (Phi) is 3.52. The third kappa shape index (κ3) is 2.80. The Bertz CT molecular complexity index is 543. The molecule has 1 saturated heterocycles. The first kappa shape index (κ1) is 12.3. The molecule has 1 N–H and O–H groups in total. The van der Waals surface area contributed by atoms with E-state index < -0.39 is 0 Å². The van der Waals surface area contributed by atoms with Crippen molar-refractivity contribution in [1.82, 2.24) is 19.0 Å². The third-order valence-electron chi connectivity index (χ3n) is 3.24. The average molecular weight is 274 g/mol. The van der Waals surface area contributed by atoms with E-state index in [0.717, 1.165) is 5.69 Å². The van der Waals surface area contributed by atoms with Crippen LogP contribution in [0.15, 0.2) is 36.5 Å². The quantitative estimate of drug-likeness (QED) is 0.914. The molecule has 98 valence electrons. The van der Waals surface area contributed by atoms with E-state index in [2.05, 4.69) is 31.1 Å². The number of carbonyl (C=O) groups is 1. The van der Waals surface area contributed by atoms with Gasteiger partial charge in [-0.2, -0.15) is 8.75 Å². The van der Waals surface area contributed by atoms with Gasteiger partial charge in [0.25, 0.3) is 0 Å². The summed E-state index contributed by atoms with van der Waals surface area (Å²) >= 11 is 1.20. The normalized spacial score (nSPS) is 20.2. The Morgan fingerprint density at radius 2 is 2.21 bits per heavy atom. The van der Waals surface area contributed by atoms with E-state index in [1.165, 1.54) is 17.3 Å². The number of hydrogen-bond donors (Lipinski definition) is 1. The van der Waals surface area contributed by atoms with Gasteiger partial charge in [-0.15, -0.1) is 0 Å². The maximum Gasteiger partial charge on any atom is 0.234 e. The van der Waals surface area contributed by atoms with E-state index in [9.17, 15) is 4.79 Å². The molecule has 1 aliphatic rings. The first-order valence-corrected chi connectivity index (χ1v) is 6.88. The summed E-state index contributed by atoms with van der Waals surface area (Å²) in [6, 6.07) is 10.4. The molecule has 0 radical (unpaired) electrons. The minimum absolute atomic E-state index is 0.0652. The van der Waals surface area contributed by atoms with Crippen LogP contribution in [0.25, 0.3) is 0 Å². The number of aromatic nitrogens is 2. The van der Waals surface area contributed by atoms with Crippen molar-refractivity contribution < 1.29 is 4.79 Å². The highest BCUT2D eigenvalue weighted by Crippen LogP contribution is 2.23. The van der Waals surface area contributed by atoms with Crippen molar-refractivity contribution in [2.75, 3.05) is 13.1 Å². The van der Waals surface area contributed by atoms with Crippen LogP contribution in [-0.2, 0) is 11.3 Å². The second kappa shape index (κ2) is 5.46. The predicted octanol–water partition coefficient (Wildman–Crippen LogP) is 1.21. The molecule has 6 heteroatoms. The van der Waals surface area contributed by atoms with E-state index >= 15 is 0 Å². The predicted molar refractivity (Wildman–Crippen MR) is 72.5 cm³/mol. The summed E-state index contributed by atoms with van der Waals surface area (Å²) in [4.78, 5) is 13.7. The summed E-state index contributed by atoms with van der Waals surface area (Å²) in [6.07, 6.45) is 1.76. The molecule has 1 fully saturated rings. The Balaban J connectivity index is 1.82. The zero-order valence-corrected chi connectivity index (χ0v) is 11.1. The lowest BCUT2D eigenvalue weighted by molar-refractivity contribution is -0.125. The Labute approximate surface area is 115 Å². The summed E-state index contributed by atoms with van der Waals surface area (Å²) < 4.78 is 8.23. The number of nitrogens with one attached hydrogen (secondary N) is 1. The summed E-state index contributed by atoms with van der Waals surface area (Å²) in [5.41, 5.74) is 2.13. The number of carbonyl (C=O) groups excluding carboxylic acids is 1. The number of benzene rings is 1. The van der Waals surface area contributed by atoms with Crippen LogP contribution in [0.3, 0.4) is 0 Å². The molecule has 0 bridgehead atoms. The Hall–Kier alpha value is -1.79. The van der Waals surface area contributed by atoms with Crippen LogP contribution in [0.5, 0.6) is 0 Å². The van der Waals surface area contributed by atoms with Gasteiger partial charge in [0.05, 0.1) is 36.2 Å². The van der Waals surface area contributed by atoms with Gasteiger partial charge < -0.3 is 5.32 Å². The fourth-order valence-electron chi connectivity index (χ4n) is 2.32. The molecule has 1 aliphatic heterocycles. The molecule has 5 nitrogen and oxygen atoms in total. The maximum atomic E-state index is 11.6. The number of amides is 1. The van der Waals surface area contributed by atoms with E-state index in [0.29, 0.717) is 19.6 Å². The van der Waals surface area contributed by atoms with Crippen molar-refractivity contribution in [1.29, 1.82) is 0 Å². The van der Waals surface area contributed by atoms with Crippen LogP contribution in [0.1, 0.15) is 17.3 Å². The molecule has 19 heavy (non-hydrogen) atoms. The van der Waals surface area contributed by atoms with Crippen molar-refractivity contribution >= 4 is 17.6 Å². The van der Waals surface area contributed by atoms with Gasteiger partial charge in [-0.3, -0.25) is 9.69 Å². The van der Waals surface area contributed by atoms with Gasteiger partial charge in [0.1, 0.15) is 0 Å². The lowest BCUT2D eigenvalue weighted by Gasteiger charge is -2.35. The SMILES string of the molecule is O=C1CN(Cc2cnsn2)C(c2ccccc2)CN1. The monoisotopic (exact) mass is 274 g/mol. The largest absolute Gasteiger partial charge is 0.353 e. The van der Waals surface area contributed by atoms with Crippen molar-refractivity contribution in [2.45, 2.75) is 12.6 Å². The average Bonchev–Trinajstić information content (AvgIpc) is 2.93. The van der Waals surface area contributed by atoms with Gasteiger partial charge in [0.15, 0.2) is 0 Å². The minimum Gasteiger partial charge on any atom is -0.353 e. The Morgan fingerprint density at radius 3 is 2.95 bits per heavy atom. The van der Waals surface area contributed by atoms with E-state index in [1.54, 1.807) is 6.20 Å². The lowest BCUT2D eigenvalue weighted by Crippen LogP contribution is -2.49. The summed E-state index contributed by atoms with van der Waals surface area (Å²) in [7, 11) is 0. The van der Waals surface area contributed by atoms with Gasteiger partial charge in [0, 0.05) is 13.1 Å². The molecule has 1 unspecified atom stereocenters. The molecule has 0 saturated carbocycles. The molecular weight excluding hydrogens is 260 g/mol. The number of rotatable bonds is 3. The van der Waals surface area contributed by atoms with Gasteiger partial charge >= 0.3 is 0 Å². The first-order chi connectivity index (χ1) is 9.33. The van der Waals surface area contributed by atoms with Crippen LogP contribution < -0.4 is 5.32 Å². The smallest absolute Gasteiger partial charge is 0.234 e. The topological polar surface area (TPSA) is 58.1 Å².